The van der Waals surface area contributed by atoms with Crippen molar-refractivity contribution in [1.29, 1.82) is 0 Å². The van der Waals surface area contributed by atoms with Gasteiger partial charge >= 0.3 is 0 Å². The number of sulfonamides is 1. The zero-order valence-electron chi connectivity index (χ0n) is 16.2. The van der Waals surface area contributed by atoms with E-state index in [-0.39, 0.29) is 34.1 Å². The van der Waals surface area contributed by atoms with Crippen LogP contribution in [-0.2, 0) is 14.8 Å². The number of nitrogens with one attached hydrogen (secondary N) is 2. The van der Waals surface area contributed by atoms with Crippen LogP contribution in [0.4, 0.5) is 10.1 Å². The number of carbonyl (C=O) groups excluding carboxylic acids is 1. The molecule has 1 aliphatic carbocycles. The number of amides is 1. The summed E-state index contributed by atoms with van der Waals surface area (Å²) in [6.07, 6.45) is 1.33. The van der Waals surface area contributed by atoms with Crippen LogP contribution in [0.25, 0.3) is 0 Å². The van der Waals surface area contributed by atoms with Gasteiger partial charge in [-0.3, -0.25) is 9.52 Å². The molecule has 1 saturated carbocycles. The number of phenols is 2. The predicted molar refractivity (Wildman–Crippen MR) is 116 cm³/mol. The maximum absolute atomic E-state index is 15.0. The maximum Gasteiger partial charge on any atom is 0.265 e. The van der Waals surface area contributed by atoms with Crippen molar-refractivity contribution < 1.29 is 32.6 Å². The highest BCUT2D eigenvalue weighted by Gasteiger charge is 2.33. The third-order valence-corrected chi connectivity index (χ3v) is 6.75. The zero-order chi connectivity index (χ0) is 22.9. The number of rotatable bonds is 8. The van der Waals surface area contributed by atoms with Crippen LogP contribution in [0.15, 0.2) is 27.6 Å². The second-order valence-corrected chi connectivity index (χ2v) is 9.89. The molecule has 1 aliphatic rings. The number of phenolic OH excluding ortho intramolecular Hbond substituents is 2. The standard InChI is InChI=1S/C19H19BrClFN2O6S/c1-30-5-4-23-19(27)15-16(22)11(9-2-3-9)8-13(18(15)26)24-31(28,29)14-7-10(20)6-12(21)17(14)25/h6-9,24-26H,2-5H2,1H3,(H,23,27). The maximum atomic E-state index is 15.0. The molecule has 4 N–H and O–H groups in total. The Morgan fingerprint density at radius 1 is 1.29 bits per heavy atom. The Kier molecular flexibility index (Phi) is 6.99. The average molecular weight is 538 g/mol. The SMILES string of the molecule is COCCNC(=O)c1c(O)c(NS(=O)(=O)c2cc(Br)cc(Cl)c2O)cc(C2CC2)c1F. The fourth-order valence-corrected chi connectivity index (χ4v) is 5.17. The van der Waals surface area contributed by atoms with Crippen LogP contribution >= 0.6 is 27.5 Å². The first-order valence-electron chi connectivity index (χ1n) is 9.10. The van der Waals surface area contributed by atoms with E-state index >= 15 is 0 Å². The van der Waals surface area contributed by atoms with Crippen molar-refractivity contribution in [2.24, 2.45) is 0 Å². The van der Waals surface area contributed by atoms with E-state index in [1.807, 2.05) is 0 Å². The fraction of sp³-hybridized carbons (Fsp3) is 0.316. The molecule has 2 aromatic rings. The van der Waals surface area contributed by atoms with Crippen molar-refractivity contribution in [3.63, 3.8) is 0 Å². The van der Waals surface area contributed by atoms with Crippen molar-refractivity contribution in [1.82, 2.24) is 5.32 Å². The highest BCUT2D eigenvalue weighted by Crippen LogP contribution is 2.46. The number of methoxy groups -OCH3 is 1. The van der Waals surface area contributed by atoms with Crippen LogP contribution in [0.3, 0.4) is 0 Å². The Morgan fingerprint density at radius 2 is 1.97 bits per heavy atom. The number of anilines is 1. The molecule has 0 radical (unpaired) electrons. The van der Waals surface area contributed by atoms with Crippen molar-refractivity contribution in [3.8, 4) is 11.5 Å². The Bertz CT molecular complexity index is 1140. The fourth-order valence-electron chi connectivity index (χ4n) is 2.95. The van der Waals surface area contributed by atoms with Gasteiger partial charge in [-0.1, -0.05) is 27.5 Å². The van der Waals surface area contributed by atoms with E-state index in [0.29, 0.717) is 12.8 Å². The molecule has 0 aliphatic heterocycles. The van der Waals surface area contributed by atoms with Gasteiger partial charge < -0.3 is 20.3 Å². The lowest BCUT2D eigenvalue weighted by atomic mass is 10.0. The number of hydrogen-bond donors (Lipinski definition) is 4. The summed E-state index contributed by atoms with van der Waals surface area (Å²) in [5, 5.41) is 22.8. The first kappa shape index (κ1) is 23.6. The average Bonchev–Trinajstić information content (AvgIpc) is 3.52. The topological polar surface area (TPSA) is 125 Å². The number of halogens is 3. The molecule has 31 heavy (non-hydrogen) atoms. The smallest absolute Gasteiger partial charge is 0.265 e. The van der Waals surface area contributed by atoms with Crippen LogP contribution in [0, 0.1) is 5.82 Å². The van der Waals surface area contributed by atoms with E-state index in [2.05, 4.69) is 26.0 Å². The summed E-state index contributed by atoms with van der Waals surface area (Å²) in [5.74, 6) is -3.59. The lowest BCUT2D eigenvalue weighted by molar-refractivity contribution is 0.0930. The van der Waals surface area contributed by atoms with Crippen LogP contribution in [0.5, 0.6) is 11.5 Å². The van der Waals surface area contributed by atoms with Gasteiger partial charge in [-0.25, -0.2) is 12.8 Å². The molecule has 0 bridgehead atoms. The van der Waals surface area contributed by atoms with Gasteiger partial charge in [0.2, 0.25) is 0 Å². The molecule has 1 fully saturated rings. The van der Waals surface area contributed by atoms with Crippen molar-refractivity contribution >= 4 is 49.1 Å². The molecule has 0 heterocycles. The molecule has 0 atom stereocenters. The summed E-state index contributed by atoms with van der Waals surface area (Å²) >= 11 is 8.95. The number of carbonyl (C=O) groups is 1. The quantitative estimate of drug-likeness (QED) is 0.301. The van der Waals surface area contributed by atoms with Crippen LogP contribution in [0.1, 0.15) is 34.7 Å². The van der Waals surface area contributed by atoms with Gasteiger partial charge in [0.1, 0.15) is 16.3 Å². The molecule has 2 aromatic carbocycles. The lowest BCUT2D eigenvalue weighted by Crippen LogP contribution is -2.28. The third kappa shape index (κ3) is 5.05. The Hall–Kier alpha value is -2.08. The van der Waals surface area contributed by atoms with E-state index in [1.165, 1.54) is 13.2 Å². The monoisotopic (exact) mass is 536 g/mol. The largest absolute Gasteiger partial charge is 0.505 e. The molecular formula is C19H19BrClFN2O6S. The minimum atomic E-state index is -4.46. The summed E-state index contributed by atoms with van der Waals surface area (Å²) in [7, 11) is -3.03. The number of hydrogen-bond acceptors (Lipinski definition) is 6. The molecule has 0 unspecified atom stereocenters. The minimum absolute atomic E-state index is 0.0628. The second-order valence-electron chi connectivity index (χ2n) is 6.91. The summed E-state index contributed by atoms with van der Waals surface area (Å²) < 4.78 is 48.0. The summed E-state index contributed by atoms with van der Waals surface area (Å²) in [4.78, 5) is 11.9. The van der Waals surface area contributed by atoms with Gasteiger partial charge in [0.15, 0.2) is 11.5 Å². The summed E-state index contributed by atoms with van der Waals surface area (Å²) in [6, 6.07) is 3.58. The summed E-state index contributed by atoms with van der Waals surface area (Å²) in [5.41, 5.74) is -0.950. The molecule has 0 saturated heterocycles. The van der Waals surface area contributed by atoms with E-state index in [4.69, 9.17) is 16.3 Å². The van der Waals surface area contributed by atoms with E-state index in [1.54, 1.807) is 0 Å². The Labute approximate surface area is 191 Å². The molecule has 8 nitrogen and oxygen atoms in total. The molecule has 12 heteroatoms. The number of aromatic hydroxyl groups is 2. The highest BCUT2D eigenvalue weighted by molar-refractivity contribution is 9.10. The van der Waals surface area contributed by atoms with E-state index in [0.717, 1.165) is 12.1 Å². The first-order valence-corrected chi connectivity index (χ1v) is 11.8. The molecule has 0 aromatic heterocycles. The summed E-state index contributed by atoms with van der Waals surface area (Å²) in [6.45, 7) is 0.228. The molecule has 1 amide bonds. The second kappa shape index (κ2) is 9.19. The molecular weight excluding hydrogens is 519 g/mol. The van der Waals surface area contributed by atoms with Gasteiger partial charge in [-0.2, -0.15) is 0 Å². The van der Waals surface area contributed by atoms with Crippen LogP contribution in [0.2, 0.25) is 5.02 Å². The van der Waals surface area contributed by atoms with E-state index in [9.17, 15) is 27.8 Å². The molecule has 3 rings (SSSR count). The van der Waals surface area contributed by atoms with Gasteiger partial charge in [-0.05, 0) is 42.5 Å². The number of benzene rings is 2. The van der Waals surface area contributed by atoms with Gasteiger partial charge in [-0.15, -0.1) is 0 Å². The van der Waals surface area contributed by atoms with Crippen LogP contribution < -0.4 is 10.0 Å². The third-order valence-electron chi connectivity index (χ3n) is 4.63. The van der Waals surface area contributed by atoms with Crippen molar-refractivity contribution in [2.75, 3.05) is 25.0 Å². The normalized spacial score (nSPS) is 13.8. The van der Waals surface area contributed by atoms with Crippen molar-refractivity contribution in [3.05, 3.63) is 44.6 Å². The zero-order valence-corrected chi connectivity index (χ0v) is 19.4. The lowest BCUT2D eigenvalue weighted by Gasteiger charge is -2.17. The molecule has 0 spiro atoms. The first-order chi connectivity index (χ1) is 14.6. The molecule has 168 valence electrons. The minimum Gasteiger partial charge on any atom is -0.505 e. The Balaban J connectivity index is 2.06. The Morgan fingerprint density at radius 3 is 2.58 bits per heavy atom. The van der Waals surface area contributed by atoms with Crippen LogP contribution in [-0.4, -0.2) is 44.8 Å². The number of ether oxygens (including phenoxy) is 1. The van der Waals surface area contributed by atoms with Gasteiger partial charge in [0.25, 0.3) is 15.9 Å². The van der Waals surface area contributed by atoms with E-state index < -0.39 is 49.4 Å². The van der Waals surface area contributed by atoms with Gasteiger partial charge in [0.05, 0.1) is 17.3 Å². The van der Waals surface area contributed by atoms with Crippen molar-refractivity contribution in [2.45, 2.75) is 23.7 Å². The van der Waals surface area contributed by atoms with Gasteiger partial charge in [0, 0.05) is 18.1 Å². The predicted octanol–water partition coefficient (Wildman–Crippen LogP) is 3.71. The highest BCUT2D eigenvalue weighted by atomic mass is 79.9.